The van der Waals surface area contributed by atoms with E-state index in [2.05, 4.69) is 0 Å². The number of carboxylic acids is 1. The average molecular weight is 243 g/mol. The van der Waals surface area contributed by atoms with E-state index < -0.39 is 5.97 Å². The molecule has 2 rings (SSSR count). The summed E-state index contributed by atoms with van der Waals surface area (Å²) in [5.74, 6) is -0.720. The van der Waals surface area contributed by atoms with Crippen LogP contribution >= 0.6 is 0 Å². The van der Waals surface area contributed by atoms with Gasteiger partial charge in [-0.15, -0.1) is 0 Å². The molecule has 0 radical (unpaired) electrons. The molecule has 0 saturated carbocycles. The van der Waals surface area contributed by atoms with Gasteiger partial charge in [-0.3, -0.25) is 0 Å². The first kappa shape index (κ1) is 12.0. The number of benzene rings is 2. The Kier molecular flexibility index (Phi) is 3.19. The van der Waals surface area contributed by atoms with Gasteiger partial charge >= 0.3 is 5.97 Å². The van der Waals surface area contributed by atoms with E-state index >= 15 is 0 Å². The van der Waals surface area contributed by atoms with E-state index in [9.17, 15) is 9.90 Å². The molecule has 2 aromatic rings. The van der Waals surface area contributed by atoms with E-state index in [1.54, 1.807) is 48.5 Å². The van der Waals surface area contributed by atoms with Gasteiger partial charge < -0.3 is 15.1 Å². The van der Waals surface area contributed by atoms with Crippen molar-refractivity contribution in [3.05, 3.63) is 54.1 Å². The van der Waals surface area contributed by atoms with Crippen molar-refractivity contribution in [2.24, 2.45) is 0 Å². The molecule has 0 heterocycles. The molecule has 2 N–H and O–H groups in total. The number of rotatable bonds is 3. The molecule has 0 aliphatic rings. The Bertz CT molecular complexity index is 546. The second-order valence-corrected chi connectivity index (χ2v) is 3.93. The van der Waals surface area contributed by atoms with Gasteiger partial charge in [-0.1, -0.05) is 0 Å². The van der Waals surface area contributed by atoms with Crippen molar-refractivity contribution in [3.63, 3.8) is 0 Å². The third kappa shape index (κ3) is 2.43. The van der Waals surface area contributed by atoms with Gasteiger partial charge in [0.2, 0.25) is 0 Å². The molecule has 4 nitrogen and oxygen atoms in total. The minimum absolute atomic E-state index is 0.216. The molecular formula is C14H13NO3. The Morgan fingerprint density at radius 2 is 1.39 bits per heavy atom. The van der Waals surface area contributed by atoms with Crippen LogP contribution in [0.4, 0.5) is 11.4 Å². The SMILES string of the molecule is CN(c1ccc(O)cc1)c1ccc(C(=O)O)cc1. The van der Waals surface area contributed by atoms with Crippen molar-refractivity contribution >= 4 is 17.3 Å². The number of phenols is 1. The minimum atomic E-state index is -0.936. The zero-order valence-electron chi connectivity index (χ0n) is 9.87. The van der Waals surface area contributed by atoms with E-state index in [1.165, 1.54) is 0 Å². The van der Waals surface area contributed by atoms with Gasteiger partial charge in [0.25, 0.3) is 0 Å². The van der Waals surface area contributed by atoms with E-state index in [0.717, 1.165) is 11.4 Å². The highest BCUT2D eigenvalue weighted by Gasteiger charge is 2.06. The van der Waals surface area contributed by atoms with Crippen molar-refractivity contribution in [2.45, 2.75) is 0 Å². The maximum absolute atomic E-state index is 10.7. The van der Waals surface area contributed by atoms with Crippen LogP contribution in [0.15, 0.2) is 48.5 Å². The first-order chi connectivity index (χ1) is 8.58. The third-order valence-electron chi connectivity index (χ3n) is 2.74. The molecule has 0 spiro atoms. The molecule has 2 aromatic carbocycles. The second-order valence-electron chi connectivity index (χ2n) is 3.93. The van der Waals surface area contributed by atoms with E-state index in [4.69, 9.17) is 5.11 Å². The molecule has 4 heteroatoms. The maximum atomic E-state index is 10.7. The highest BCUT2D eigenvalue weighted by molar-refractivity contribution is 5.88. The van der Waals surface area contributed by atoms with E-state index in [0.29, 0.717) is 0 Å². The molecule has 0 amide bonds. The van der Waals surface area contributed by atoms with Gasteiger partial charge in [0.1, 0.15) is 5.75 Å². The molecule has 0 atom stereocenters. The van der Waals surface area contributed by atoms with Crippen molar-refractivity contribution in [1.29, 1.82) is 0 Å². The summed E-state index contributed by atoms with van der Waals surface area (Å²) < 4.78 is 0. The van der Waals surface area contributed by atoms with Crippen molar-refractivity contribution < 1.29 is 15.0 Å². The molecule has 0 saturated heterocycles. The predicted molar refractivity (Wildman–Crippen MR) is 69.6 cm³/mol. The Labute approximate surface area is 105 Å². The number of anilines is 2. The van der Waals surface area contributed by atoms with Crippen LogP contribution < -0.4 is 4.90 Å². The fourth-order valence-corrected chi connectivity index (χ4v) is 1.65. The van der Waals surface area contributed by atoms with Crippen LogP contribution in [0.25, 0.3) is 0 Å². The van der Waals surface area contributed by atoms with Crippen LogP contribution in [0.5, 0.6) is 5.75 Å². The Hall–Kier alpha value is -2.49. The lowest BCUT2D eigenvalue weighted by Crippen LogP contribution is -2.09. The molecule has 92 valence electrons. The first-order valence-electron chi connectivity index (χ1n) is 5.44. The summed E-state index contributed by atoms with van der Waals surface area (Å²) >= 11 is 0. The number of carboxylic acid groups (broad SMARTS) is 1. The monoisotopic (exact) mass is 243 g/mol. The van der Waals surface area contributed by atoms with Gasteiger partial charge in [-0.2, -0.15) is 0 Å². The average Bonchev–Trinajstić information content (AvgIpc) is 2.39. The van der Waals surface area contributed by atoms with Crippen molar-refractivity contribution in [2.75, 3.05) is 11.9 Å². The van der Waals surface area contributed by atoms with Gasteiger partial charge in [-0.25, -0.2) is 4.79 Å². The number of hydrogen-bond donors (Lipinski definition) is 2. The third-order valence-corrected chi connectivity index (χ3v) is 2.74. The number of aromatic carboxylic acids is 1. The van der Waals surface area contributed by atoms with Crippen molar-refractivity contribution in [3.8, 4) is 5.75 Å². The maximum Gasteiger partial charge on any atom is 0.335 e. The van der Waals surface area contributed by atoms with Crippen LogP contribution in [-0.4, -0.2) is 23.2 Å². The molecule has 0 aromatic heterocycles. The Balaban J connectivity index is 2.25. The summed E-state index contributed by atoms with van der Waals surface area (Å²) in [4.78, 5) is 12.7. The Morgan fingerprint density at radius 1 is 0.944 bits per heavy atom. The summed E-state index contributed by atoms with van der Waals surface area (Å²) in [7, 11) is 1.88. The number of phenolic OH excluding ortho intramolecular Hbond substituents is 1. The van der Waals surface area contributed by atoms with E-state index in [1.807, 2.05) is 11.9 Å². The van der Waals surface area contributed by atoms with Gasteiger partial charge in [0, 0.05) is 18.4 Å². The van der Waals surface area contributed by atoms with Crippen LogP contribution in [0.2, 0.25) is 0 Å². The summed E-state index contributed by atoms with van der Waals surface area (Å²) in [6.07, 6.45) is 0. The lowest BCUT2D eigenvalue weighted by molar-refractivity contribution is 0.0697. The summed E-state index contributed by atoms with van der Waals surface area (Å²) in [5.41, 5.74) is 2.06. The van der Waals surface area contributed by atoms with Gasteiger partial charge in [0.05, 0.1) is 5.56 Å². The summed E-state index contributed by atoms with van der Waals surface area (Å²) in [6.45, 7) is 0. The molecule has 0 aliphatic carbocycles. The minimum Gasteiger partial charge on any atom is -0.508 e. The molecule has 18 heavy (non-hydrogen) atoms. The number of aromatic hydroxyl groups is 1. The highest BCUT2D eigenvalue weighted by atomic mass is 16.4. The molecule has 0 fully saturated rings. The number of nitrogens with zero attached hydrogens (tertiary/aromatic N) is 1. The van der Waals surface area contributed by atoms with Crippen LogP contribution in [0, 0.1) is 0 Å². The van der Waals surface area contributed by atoms with Crippen LogP contribution in [0.1, 0.15) is 10.4 Å². The zero-order valence-corrected chi connectivity index (χ0v) is 9.87. The standard InChI is InChI=1S/C14H13NO3/c1-15(12-6-8-13(16)9-7-12)11-4-2-10(3-5-11)14(17)18/h2-9,16H,1H3,(H,17,18). The van der Waals surface area contributed by atoms with Crippen LogP contribution in [0.3, 0.4) is 0 Å². The summed E-state index contributed by atoms with van der Waals surface area (Å²) in [6, 6.07) is 13.4. The molecule has 0 unspecified atom stereocenters. The second kappa shape index (κ2) is 4.79. The Morgan fingerprint density at radius 3 is 1.83 bits per heavy atom. The van der Waals surface area contributed by atoms with Crippen LogP contribution in [-0.2, 0) is 0 Å². The fourth-order valence-electron chi connectivity index (χ4n) is 1.65. The fraction of sp³-hybridized carbons (Fsp3) is 0.0714. The van der Waals surface area contributed by atoms with Crippen molar-refractivity contribution in [1.82, 2.24) is 0 Å². The number of carbonyl (C=O) groups is 1. The molecule has 0 bridgehead atoms. The quantitative estimate of drug-likeness (QED) is 0.870. The molecule has 0 aliphatic heterocycles. The zero-order chi connectivity index (χ0) is 13.1. The lowest BCUT2D eigenvalue weighted by atomic mass is 10.2. The summed E-state index contributed by atoms with van der Waals surface area (Å²) in [5, 5.41) is 18.0. The topological polar surface area (TPSA) is 60.8 Å². The normalized spacial score (nSPS) is 10.1. The smallest absolute Gasteiger partial charge is 0.335 e. The number of hydrogen-bond acceptors (Lipinski definition) is 3. The largest absolute Gasteiger partial charge is 0.508 e. The van der Waals surface area contributed by atoms with E-state index in [-0.39, 0.29) is 11.3 Å². The van der Waals surface area contributed by atoms with Gasteiger partial charge in [-0.05, 0) is 48.5 Å². The van der Waals surface area contributed by atoms with Gasteiger partial charge in [0.15, 0.2) is 0 Å². The first-order valence-corrected chi connectivity index (χ1v) is 5.44. The predicted octanol–water partition coefficient (Wildman–Crippen LogP) is 2.86. The lowest BCUT2D eigenvalue weighted by Gasteiger charge is -2.19. The highest BCUT2D eigenvalue weighted by Crippen LogP contribution is 2.25. The molecular weight excluding hydrogens is 230 g/mol.